The largest absolute Gasteiger partial charge is 0.340 e. The van der Waals surface area contributed by atoms with Gasteiger partial charge in [-0.05, 0) is 19.9 Å². The molecule has 1 aromatic heterocycles. The zero-order valence-electron chi connectivity index (χ0n) is 14.7. The molecule has 0 spiro atoms. The van der Waals surface area contributed by atoms with Crippen molar-refractivity contribution in [1.29, 1.82) is 0 Å². The number of rotatable bonds is 4. The summed E-state index contributed by atoms with van der Waals surface area (Å²) in [6, 6.07) is -0.0624. The summed E-state index contributed by atoms with van der Waals surface area (Å²) in [7, 11) is 0. The minimum Gasteiger partial charge on any atom is -0.340 e. The third kappa shape index (κ3) is 3.24. The summed E-state index contributed by atoms with van der Waals surface area (Å²) in [6.45, 7) is 10.5. The summed E-state index contributed by atoms with van der Waals surface area (Å²) in [5, 5.41) is 0.767. The van der Waals surface area contributed by atoms with E-state index in [4.69, 9.17) is 0 Å². The Morgan fingerprint density at radius 2 is 1.96 bits per heavy atom. The van der Waals surface area contributed by atoms with E-state index in [1.807, 2.05) is 18.7 Å². The molecule has 132 valence electrons. The van der Waals surface area contributed by atoms with E-state index in [9.17, 15) is 9.59 Å². The third-order valence-electron chi connectivity index (χ3n) is 5.09. The maximum atomic E-state index is 12.7. The molecule has 2 aliphatic heterocycles. The highest BCUT2D eigenvalue weighted by Gasteiger charge is 2.31. The van der Waals surface area contributed by atoms with Crippen LogP contribution >= 0.6 is 11.8 Å². The lowest BCUT2D eigenvalue weighted by atomic mass is 10.1. The van der Waals surface area contributed by atoms with Gasteiger partial charge in [0.05, 0.1) is 6.04 Å². The number of likely N-dealkylation sites (N-methyl/N-ethyl adjacent to an activating group) is 1. The van der Waals surface area contributed by atoms with E-state index >= 15 is 0 Å². The van der Waals surface area contributed by atoms with Gasteiger partial charge < -0.3 is 9.80 Å². The van der Waals surface area contributed by atoms with Gasteiger partial charge in [-0.3, -0.25) is 14.2 Å². The van der Waals surface area contributed by atoms with E-state index < -0.39 is 0 Å². The van der Waals surface area contributed by atoms with Gasteiger partial charge in [0.15, 0.2) is 5.16 Å². The van der Waals surface area contributed by atoms with Crippen molar-refractivity contribution in [2.24, 2.45) is 0 Å². The van der Waals surface area contributed by atoms with Crippen molar-refractivity contribution in [3.8, 4) is 0 Å². The van der Waals surface area contributed by atoms with Gasteiger partial charge in [0.1, 0.15) is 0 Å². The van der Waals surface area contributed by atoms with Crippen molar-refractivity contribution in [3.05, 3.63) is 21.6 Å². The highest BCUT2D eigenvalue weighted by atomic mass is 32.2. The normalized spacial score (nSPS) is 21.1. The molecule has 3 rings (SSSR count). The molecule has 0 bridgehead atoms. The highest BCUT2D eigenvalue weighted by Crippen LogP contribution is 2.33. The topological polar surface area (TPSA) is 58.4 Å². The van der Waals surface area contributed by atoms with Gasteiger partial charge in [-0.1, -0.05) is 25.6 Å². The molecule has 1 aromatic rings. The van der Waals surface area contributed by atoms with Crippen LogP contribution in [-0.2, 0) is 11.2 Å². The third-order valence-corrected chi connectivity index (χ3v) is 6.19. The van der Waals surface area contributed by atoms with Crippen molar-refractivity contribution in [1.82, 2.24) is 19.4 Å². The average Bonchev–Trinajstić information content (AvgIpc) is 2.98. The number of carbonyl (C=O) groups is 1. The lowest BCUT2D eigenvalue weighted by Gasteiger charge is -2.34. The lowest BCUT2D eigenvalue weighted by Crippen LogP contribution is -2.49. The Kier molecular flexibility index (Phi) is 5.30. The number of amides is 1. The summed E-state index contributed by atoms with van der Waals surface area (Å²) >= 11 is 1.59. The van der Waals surface area contributed by atoms with Crippen LogP contribution in [0.4, 0.5) is 0 Å². The smallest absolute Gasteiger partial charge is 0.257 e. The van der Waals surface area contributed by atoms with Crippen molar-refractivity contribution in [2.75, 3.05) is 38.5 Å². The van der Waals surface area contributed by atoms with Crippen molar-refractivity contribution >= 4 is 17.7 Å². The zero-order valence-corrected chi connectivity index (χ0v) is 15.6. The molecular weight excluding hydrogens is 324 g/mol. The van der Waals surface area contributed by atoms with Gasteiger partial charge in [-0.2, -0.15) is 0 Å². The molecule has 24 heavy (non-hydrogen) atoms. The first-order valence-corrected chi connectivity index (χ1v) is 9.78. The monoisotopic (exact) mass is 350 g/mol. The Labute approximate surface area is 147 Å². The number of aryl methyl sites for hydroxylation is 1. The van der Waals surface area contributed by atoms with Gasteiger partial charge in [0.2, 0.25) is 5.91 Å². The number of carbonyl (C=O) groups excluding carboxylic acids is 1. The Hall–Kier alpha value is -1.34. The molecular formula is C17H26N4O2S. The van der Waals surface area contributed by atoms with E-state index in [2.05, 4.69) is 16.8 Å². The molecule has 0 unspecified atom stereocenters. The molecule has 6 nitrogen and oxygen atoms in total. The van der Waals surface area contributed by atoms with Gasteiger partial charge in [0.25, 0.3) is 5.56 Å². The molecule has 0 aliphatic carbocycles. The lowest BCUT2D eigenvalue weighted by molar-refractivity contribution is -0.133. The Balaban J connectivity index is 1.73. The Bertz CT molecular complexity index is 680. The fourth-order valence-electron chi connectivity index (χ4n) is 3.52. The second kappa shape index (κ2) is 7.27. The van der Waals surface area contributed by atoms with Gasteiger partial charge in [-0.15, -0.1) is 0 Å². The molecule has 1 fully saturated rings. The predicted molar refractivity (Wildman–Crippen MR) is 95.7 cm³/mol. The second-order valence-corrected chi connectivity index (χ2v) is 7.46. The zero-order chi connectivity index (χ0) is 17.3. The van der Waals surface area contributed by atoms with Crippen LogP contribution in [0.5, 0.6) is 0 Å². The highest BCUT2D eigenvalue weighted by molar-refractivity contribution is 7.99. The van der Waals surface area contributed by atoms with Crippen LogP contribution in [0.1, 0.15) is 37.6 Å². The van der Waals surface area contributed by atoms with Crippen molar-refractivity contribution in [2.45, 2.75) is 44.8 Å². The molecule has 1 saturated heterocycles. The van der Waals surface area contributed by atoms with Gasteiger partial charge in [-0.25, -0.2) is 4.98 Å². The number of hydrogen-bond acceptors (Lipinski definition) is 5. The molecule has 0 radical (unpaired) electrons. The van der Waals surface area contributed by atoms with Crippen LogP contribution in [0.3, 0.4) is 0 Å². The van der Waals surface area contributed by atoms with Crippen molar-refractivity contribution in [3.63, 3.8) is 0 Å². The first-order valence-electron chi connectivity index (χ1n) is 8.80. The van der Waals surface area contributed by atoms with Crippen LogP contribution in [0, 0.1) is 6.92 Å². The Morgan fingerprint density at radius 1 is 1.25 bits per heavy atom. The molecule has 2 aliphatic rings. The van der Waals surface area contributed by atoms with E-state index in [0.29, 0.717) is 12.8 Å². The van der Waals surface area contributed by atoms with Crippen molar-refractivity contribution < 1.29 is 4.79 Å². The standard InChI is InChI=1S/C17H26N4O2S/c1-4-14-12(3)18-17-21(16(14)23)13(11-24-17)10-15(22)20-8-6-19(5-2)7-9-20/h13H,4-11H2,1-3H3/t13-/m1/s1. The SMILES string of the molecule is CCc1c(C)nc2n(c1=O)[C@H](CC(=O)N1CCN(CC)CC1)CS2. The molecule has 0 aromatic carbocycles. The van der Waals surface area contributed by atoms with E-state index in [1.54, 1.807) is 16.3 Å². The summed E-state index contributed by atoms with van der Waals surface area (Å²) in [6.07, 6.45) is 1.09. The van der Waals surface area contributed by atoms with E-state index in [0.717, 1.165) is 54.9 Å². The van der Waals surface area contributed by atoms with Crippen LogP contribution in [0.15, 0.2) is 9.95 Å². The summed E-state index contributed by atoms with van der Waals surface area (Å²) in [4.78, 5) is 34.3. The van der Waals surface area contributed by atoms with Crippen LogP contribution in [-0.4, -0.2) is 63.7 Å². The van der Waals surface area contributed by atoms with Gasteiger partial charge >= 0.3 is 0 Å². The maximum absolute atomic E-state index is 12.7. The first kappa shape index (κ1) is 17.5. The minimum absolute atomic E-state index is 0.0404. The minimum atomic E-state index is -0.0624. The second-order valence-electron chi connectivity index (χ2n) is 6.47. The first-order chi connectivity index (χ1) is 11.5. The maximum Gasteiger partial charge on any atom is 0.257 e. The molecule has 3 heterocycles. The molecule has 1 amide bonds. The fourth-order valence-corrected chi connectivity index (χ4v) is 4.70. The molecule has 1 atom stereocenters. The van der Waals surface area contributed by atoms with Crippen LogP contribution in [0.2, 0.25) is 0 Å². The molecule has 0 N–H and O–H groups in total. The number of thioether (sulfide) groups is 1. The number of piperazine rings is 1. The van der Waals surface area contributed by atoms with Crippen LogP contribution in [0.25, 0.3) is 0 Å². The number of hydrogen-bond donors (Lipinski definition) is 0. The number of nitrogens with zero attached hydrogens (tertiary/aromatic N) is 4. The molecule has 7 heteroatoms. The average molecular weight is 350 g/mol. The van der Waals surface area contributed by atoms with Gasteiger partial charge in [0, 0.05) is 49.6 Å². The predicted octanol–water partition coefficient (Wildman–Crippen LogP) is 1.32. The number of fused-ring (bicyclic) bond motifs is 1. The summed E-state index contributed by atoms with van der Waals surface area (Å²) in [5.74, 6) is 0.921. The quantitative estimate of drug-likeness (QED) is 0.767. The summed E-state index contributed by atoms with van der Waals surface area (Å²) < 4.78 is 1.76. The summed E-state index contributed by atoms with van der Waals surface area (Å²) in [5.41, 5.74) is 1.64. The van der Waals surface area contributed by atoms with E-state index in [-0.39, 0.29) is 17.5 Å². The molecule has 0 saturated carbocycles. The van der Waals surface area contributed by atoms with Crippen LogP contribution < -0.4 is 5.56 Å². The Morgan fingerprint density at radius 3 is 2.58 bits per heavy atom. The number of aromatic nitrogens is 2. The fraction of sp³-hybridized carbons (Fsp3) is 0.706. The van der Waals surface area contributed by atoms with E-state index in [1.165, 1.54) is 0 Å².